The SMILES string of the molecule is O=C(C1=C2C=CC=CN2CC1C1=NC=CCC1F)N1C[C@@H]2CN(c3cnc4ccccc4n3)C[C@@H]2C1. The maximum absolute atomic E-state index is 14.9. The summed E-state index contributed by atoms with van der Waals surface area (Å²) in [4.78, 5) is 34.1. The van der Waals surface area contributed by atoms with Crippen molar-refractivity contribution in [2.45, 2.75) is 12.6 Å². The first-order valence-corrected chi connectivity index (χ1v) is 12.6. The Labute approximate surface area is 209 Å². The van der Waals surface area contributed by atoms with Crippen molar-refractivity contribution in [3.8, 4) is 0 Å². The van der Waals surface area contributed by atoms with Crippen LogP contribution in [0.25, 0.3) is 11.0 Å². The number of nitrogens with zero attached hydrogens (tertiary/aromatic N) is 6. The number of carbonyl (C=O) groups excluding carboxylic acids is 1. The second-order valence-corrected chi connectivity index (χ2v) is 10.2. The maximum Gasteiger partial charge on any atom is 0.252 e. The number of amides is 1. The van der Waals surface area contributed by atoms with Crippen LogP contribution in [0.4, 0.5) is 10.2 Å². The Balaban J connectivity index is 1.11. The summed E-state index contributed by atoms with van der Waals surface area (Å²) in [5, 5.41) is 0. The van der Waals surface area contributed by atoms with Gasteiger partial charge in [0.25, 0.3) is 5.91 Å². The molecule has 0 bridgehead atoms. The molecule has 2 saturated heterocycles. The van der Waals surface area contributed by atoms with Crippen LogP contribution >= 0.6 is 0 Å². The highest BCUT2D eigenvalue weighted by atomic mass is 19.1. The van der Waals surface area contributed by atoms with E-state index in [0.717, 1.165) is 35.6 Å². The second-order valence-electron chi connectivity index (χ2n) is 10.2. The molecule has 6 heterocycles. The number of halogens is 1. The number of rotatable bonds is 3. The number of alkyl halides is 1. The van der Waals surface area contributed by atoms with Crippen molar-refractivity contribution in [1.82, 2.24) is 19.8 Å². The zero-order valence-corrected chi connectivity index (χ0v) is 19.9. The van der Waals surface area contributed by atoms with E-state index in [9.17, 15) is 9.18 Å². The van der Waals surface area contributed by atoms with Crippen molar-refractivity contribution in [2.75, 3.05) is 37.6 Å². The van der Waals surface area contributed by atoms with Gasteiger partial charge >= 0.3 is 0 Å². The normalized spacial score (nSPS) is 28.8. The molecule has 2 aromatic rings. The molecule has 5 aliphatic rings. The molecule has 1 aromatic carbocycles. The van der Waals surface area contributed by atoms with Crippen LogP contribution in [0, 0.1) is 17.8 Å². The van der Waals surface area contributed by atoms with Gasteiger partial charge in [-0.15, -0.1) is 0 Å². The lowest BCUT2D eigenvalue weighted by atomic mass is 9.89. The Kier molecular flexibility index (Phi) is 5.01. The molecule has 5 aliphatic heterocycles. The molecule has 8 heteroatoms. The van der Waals surface area contributed by atoms with Crippen molar-refractivity contribution in [2.24, 2.45) is 22.7 Å². The zero-order valence-electron chi connectivity index (χ0n) is 19.9. The van der Waals surface area contributed by atoms with Crippen molar-refractivity contribution in [3.63, 3.8) is 0 Å². The first kappa shape index (κ1) is 21.5. The first-order valence-electron chi connectivity index (χ1n) is 12.6. The van der Waals surface area contributed by atoms with E-state index < -0.39 is 6.17 Å². The smallest absolute Gasteiger partial charge is 0.252 e. The fourth-order valence-corrected chi connectivity index (χ4v) is 6.29. The third-order valence-corrected chi connectivity index (χ3v) is 8.06. The number of fused-ring (bicyclic) bond motifs is 3. The van der Waals surface area contributed by atoms with Crippen LogP contribution in [-0.2, 0) is 4.79 Å². The van der Waals surface area contributed by atoms with Crippen LogP contribution in [0.3, 0.4) is 0 Å². The van der Waals surface area contributed by atoms with Gasteiger partial charge in [0.2, 0.25) is 0 Å². The van der Waals surface area contributed by atoms with Gasteiger partial charge in [-0.05, 0) is 24.3 Å². The van der Waals surface area contributed by atoms with E-state index >= 15 is 0 Å². The molecule has 182 valence electrons. The minimum Gasteiger partial charge on any atom is -0.355 e. The van der Waals surface area contributed by atoms with E-state index in [1.807, 2.05) is 59.8 Å². The highest BCUT2D eigenvalue weighted by Gasteiger charge is 2.46. The molecule has 1 amide bonds. The average Bonchev–Trinajstić information content (AvgIpc) is 3.60. The van der Waals surface area contributed by atoms with Gasteiger partial charge in [-0.25, -0.2) is 9.37 Å². The highest BCUT2D eigenvalue weighted by Crippen LogP contribution is 2.39. The number of anilines is 1. The van der Waals surface area contributed by atoms with Crippen molar-refractivity contribution in [3.05, 3.63) is 78.4 Å². The van der Waals surface area contributed by atoms with Crippen LogP contribution in [0.15, 0.2) is 83.4 Å². The molecule has 1 aromatic heterocycles. The predicted octanol–water partition coefficient (Wildman–Crippen LogP) is 3.49. The van der Waals surface area contributed by atoms with E-state index in [0.29, 0.717) is 49.2 Å². The Hall–Kier alpha value is -3.81. The lowest BCUT2D eigenvalue weighted by molar-refractivity contribution is -0.126. The largest absolute Gasteiger partial charge is 0.355 e. The van der Waals surface area contributed by atoms with Gasteiger partial charge in [0.15, 0.2) is 0 Å². The molecule has 4 atom stereocenters. The van der Waals surface area contributed by atoms with Crippen molar-refractivity contribution < 1.29 is 9.18 Å². The van der Waals surface area contributed by atoms with Crippen LogP contribution in [0.2, 0.25) is 0 Å². The topological polar surface area (TPSA) is 64.9 Å². The third-order valence-electron chi connectivity index (χ3n) is 8.06. The van der Waals surface area contributed by atoms with Gasteiger partial charge in [0, 0.05) is 63.4 Å². The standard InChI is InChI=1S/C28H27FN6O/c29-21-6-5-10-30-27(21)20-17-33-11-4-3-9-24(33)26(20)28(36)35-15-18-13-34(14-19(18)16-35)25-12-31-22-7-1-2-8-23(22)32-25/h1-5,7-12,18-21H,6,13-17H2/t18-,19+,20?,21?. The molecule has 0 saturated carbocycles. The van der Waals surface area contributed by atoms with Crippen LogP contribution in [-0.4, -0.2) is 70.3 Å². The zero-order chi connectivity index (χ0) is 24.2. The molecule has 2 unspecified atom stereocenters. The summed E-state index contributed by atoms with van der Waals surface area (Å²) in [5.74, 6) is 1.36. The fourth-order valence-electron chi connectivity index (χ4n) is 6.29. The number of para-hydroxylation sites is 2. The summed E-state index contributed by atoms with van der Waals surface area (Å²) in [6.45, 7) is 3.68. The van der Waals surface area contributed by atoms with E-state index in [1.165, 1.54) is 0 Å². The minimum atomic E-state index is -1.15. The number of benzene rings is 1. The number of hydrogen-bond donors (Lipinski definition) is 0. The van der Waals surface area contributed by atoms with E-state index in [4.69, 9.17) is 4.98 Å². The first-order chi connectivity index (χ1) is 17.7. The number of aromatic nitrogens is 2. The predicted molar refractivity (Wildman–Crippen MR) is 137 cm³/mol. The summed E-state index contributed by atoms with van der Waals surface area (Å²) in [7, 11) is 0. The number of allylic oxidation sites excluding steroid dienone is 4. The van der Waals surface area contributed by atoms with Crippen molar-refractivity contribution in [1.29, 1.82) is 0 Å². The van der Waals surface area contributed by atoms with E-state index in [1.54, 1.807) is 12.3 Å². The molecule has 0 N–H and O–H groups in total. The summed E-state index contributed by atoms with van der Waals surface area (Å²) in [6, 6.07) is 7.91. The van der Waals surface area contributed by atoms with Crippen LogP contribution in [0.5, 0.6) is 0 Å². The number of hydrogen-bond acceptors (Lipinski definition) is 6. The molecular formula is C28H27FN6O. The molecule has 7 rings (SSSR count). The van der Waals surface area contributed by atoms with Crippen LogP contribution < -0.4 is 4.90 Å². The second kappa shape index (κ2) is 8.40. The average molecular weight is 483 g/mol. The van der Waals surface area contributed by atoms with Gasteiger partial charge in [0.1, 0.15) is 12.0 Å². The Bertz CT molecular complexity index is 1380. The number of aliphatic imine (C=N–C) groups is 1. The number of carbonyl (C=O) groups is 1. The molecule has 7 nitrogen and oxygen atoms in total. The number of likely N-dealkylation sites (tertiary alicyclic amines) is 1. The molecule has 36 heavy (non-hydrogen) atoms. The van der Waals surface area contributed by atoms with Crippen molar-refractivity contribution >= 4 is 28.5 Å². The van der Waals surface area contributed by atoms with Gasteiger partial charge in [-0.1, -0.05) is 24.3 Å². The lowest BCUT2D eigenvalue weighted by Crippen LogP contribution is -2.38. The Morgan fingerprint density at radius 1 is 1.00 bits per heavy atom. The lowest BCUT2D eigenvalue weighted by Gasteiger charge is -2.26. The Morgan fingerprint density at radius 3 is 2.61 bits per heavy atom. The van der Waals surface area contributed by atoms with Crippen LogP contribution in [0.1, 0.15) is 6.42 Å². The van der Waals surface area contributed by atoms with E-state index in [-0.39, 0.29) is 11.8 Å². The van der Waals surface area contributed by atoms with E-state index in [2.05, 4.69) is 19.8 Å². The Morgan fingerprint density at radius 2 is 1.81 bits per heavy atom. The van der Waals surface area contributed by atoms with Gasteiger partial charge < -0.3 is 14.7 Å². The minimum absolute atomic E-state index is 0.0216. The quantitative estimate of drug-likeness (QED) is 0.670. The summed E-state index contributed by atoms with van der Waals surface area (Å²) < 4.78 is 14.9. The highest BCUT2D eigenvalue weighted by molar-refractivity contribution is 6.06. The summed E-state index contributed by atoms with van der Waals surface area (Å²) in [5.41, 5.74) is 3.83. The van der Waals surface area contributed by atoms with Gasteiger partial charge in [0.05, 0.1) is 40.1 Å². The van der Waals surface area contributed by atoms with Gasteiger partial charge in [-0.2, -0.15) is 0 Å². The summed E-state index contributed by atoms with van der Waals surface area (Å²) >= 11 is 0. The molecule has 0 aliphatic carbocycles. The maximum atomic E-state index is 14.9. The summed E-state index contributed by atoms with van der Waals surface area (Å²) in [6.07, 6.45) is 12.3. The molecule has 0 spiro atoms. The monoisotopic (exact) mass is 482 g/mol. The molecule has 2 fully saturated rings. The molecule has 0 radical (unpaired) electrons. The fraction of sp³-hybridized carbons (Fsp3) is 0.357. The third kappa shape index (κ3) is 3.46. The molecular weight excluding hydrogens is 455 g/mol. The van der Waals surface area contributed by atoms with Gasteiger partial charge in [-0.3, -0.25) is 14.8 Å².